The van der Waals surface area contributed by atoms with Crippen LogP contribution in [0.25, 0.3) is 16.9 Å². The molecule has 6 nitrogen and oxygen atoms in total. The molecule has 1 N–H and O–H groups in total. The van der Waals surface area contributed by atoms with Gasteiger partial charge in [0.15, 0.2) is 0 Å². The molecule has 0 aliphatic carbocycles. The van der Waals surface area contributed by atoms with Gasteiger partial charge in [-0.1, -0.05) is 41.4 Å². The lowest BCUT2D eigenvalue weighted by Gasteiger charge is -2.12. The SMILES string of the molecule is CCn1cc(C(=O)Nc2ccc(Cl)c(Cl)c2)c2nn(-c3ccccc3)c(=O)c-2c1. The smallest absolute Gasteiger partial charge is 0.282 e. The van der Waals surface area contributed by atoms with Gasteiger partial charge in [-0.3, -0.25) is 9.59 Å². The van der Waals surface area contributed by atoms with Gasteiger partial charge >= 0.3 is 0 Å². The van der Waals surface area contributed by atoms with Crippen LogP contribution in [0, 0.1) is 0 Å². The van der Waals surface area contributed by atoms with Gasteiger partial charge in [-0.2, -0.15) is 9.78 Å². The van der Waals surface area contributed by atoms with Gasteiger partial charge in [0.2, 0.25) is 0 Å². The van der Waals surface area contributed by atoms with E-state index in [1.807, 2.05) is 25.1 Å². The second-order valence-electron chi connectivity index (χ2n) is 6.40. The lowest BCUT2D eigenvalue weighted by atomic mass is 10.1. The number of carbonyl (C=O) groups excluding carboxylic acids is 1. The molecule has 0 aromatic heterocycles. The molecule has 2 aliphatic rings. The van der Waals surface area contributed by atoms with E-state index in [2.05, 4.69) is 10.4 Å². The number of carbonyl (C=O) groups is 1. The van der Waals surface area contributed by atoms with Crippen molar-refractivity contribution in [2.75, 3.05) is 5.32 Å². The summed E-state index contributed by atoms with van der Waals surface area (Å²) < 4.78 is 3.09. The van der Waals surface area contributed by atoms with Gasteiger partial charge in [0.25, 0.3) is 11.5 Å². The van der Waals surface area contributed by atoms with Gasteiger partial charge in [0.1, 0.15) is 5.69 Å². The second-order valence-corrected chi connectivity index (χ2v) is 7.21. The van der Waals surface area contributed by atoms with Crippen molar-refractivity contribution < 1.29 is 4.79 Å². The molecule has 0 fully saturated rings. The predicted molar refractivity (Wildman–Crippen MR) is 115 cm³/mol. The molecule has 0 spiro atoms. The highest BCUT2D eigenvalue weighted by Gasteiger charge is 2.24. The minimum absolute atomic E-state index is 0.280. The molecule has 0 radical (unpaired) electrons. The first-order valence-corrected chi connectivity index (χ1v) is 9.68. The summed E-state index contributed by atoms with van der Waals surface area (Å²) >= 11 is 12.0. The number of pyridine rings is 1. The third-order valence-corrected chi connectivity index (χ3v) is 5.25. The number of hydrogen-bond donors (Lipinski definition) is 1. The van der Waals surface area contributed by atoms with E-state index in [1.54, 1.807) is 47.3 Å². The van der Waals surface area contributed by atoms with Crippen molar-refractivity contribution in [1.82, 2.24) is 14.3 Å². The molecule has 0 bridgehead atoms. The number of nitrogens with one attached hydrogen (secondary N) is 1. The van der Waals surface area contributed by atoms with Crippen LogP contribution in [0.3, 0.4) is 0 Å². The molecule has 0 unspecified atom stereocenters. The lowest BCUT2D eigenvalue weighted by Crippen LogP contribution is -2.17. The number of nitrogens with zero attached hydrogens (tertiary/aromatic N) is 3. The van der Waals surface area contributed by atoms with E-state index < -0.39 is 5.91 Å². The van der Waals surface area contributed by atoms with Crippen molar-refractivity contribution in [2.24, 2.45) is 0 Å². The monoisotopic (exact) mass is 426 g/mol. The third kappa shape index (κ3) is 3.64. The van der Waals surface area contributed by atoms with E-state index in [9.17, 15) is 9.59 Å². The molecule has 146 valence electrons. The van der Waals surface area contributed by atoms with Crippen LogP contribution < -0.4 is 10.9 Å². The minimum atomic E-state index is -0.395. The minimum Gasteiger partial charge on any atom is -0.353 e. The fourth-order valence-electron chi connectivity index (χ4n) is 3.03. The molecule has 29 heavy (non-hydrogen) atoms. The molecule has 2 aliphatic heterocycles. The molecule has 1 amide bonds. The van der Waals surface area contributed by atoms with Crippen LogP contribution in [-0.2, 0) is 6.54 Å². The Morgan fingerprint density at radius 1 is 1.07 bits per heavy atom. The summed E-state index contributed by atoms with van der Waals surface area (Å²) in [5, 5.41) is 7.96. The zero-order chi connectivity index (χ0) is 20.5. The van der Waals surface area contributed by atoms with E-state index in [1.165, 1.54) is 4.68 Å². The fourth-order valence-corrected chi connectivity index (χ4v) is 3.32. The summed E-state index contributed by atoms with van der Waals surface area (Å²) in [7, 11) is 0. The van der Waals surface area contributed by atoms with Crippen molar-refractivity contribution >= 4 is 34.8 Å². The summed E-state index contributed by atoms with van der Waals surface area (Å²) in [5.41, 5.74) is 1.85. The van der Waals surface area contributed by atoms with Crippen molar-refractivity contribution in [3.8, 4) is 16.9 Å². The average molecular weight is 427 g/mol. The molecular formula is C21H16Cl2N4O2. The zero-order valence-electron chi connectivity index (χ0n) is 15.4. The Balaban J connectivity index is 1.81. The molecule has 0 atom stereocenters. The van der Waals surface area contributed by atoms with Gasteiger partial charge in [-0.15, -0.1) is 0 Å². The Bertz CT molecular complexity index is 1230. The van der Waals surface area contributed by atoms with Crippen molar-refractivity contribution in [1.29, 1.82) is 0 Å². The van der Waals surface area contributed by atoms with Crippen LogP contribution in [0.4, 0.5) is 5.69 Å². The van der Waals surface area contributed by atoms with Crippen LogP contribution in [0.2, 0.25) is 10.0 Å². The molecule has 2 aromatic carbocycles. The highest BCUT2D eigenvalue weighted by molar-refractivity contribution is 6.42. The summed E-state index contributed by atoms with van der Waals surface area (Å²) in [6.45, 7) is 2.53. The van der Waals surface area contributed by atoms with Crippen LogP contribution in [0.1, 0.15) is 17.3 Å². The largest absolute Gasteiger partial charge is 0.353 e. The molecule has 0 saturated carbocycles. The summed E-state index contributed by atoms with van der Waals surface area (Å²) in [4.78, 5) is 25.9. The molecular weight excluding hydrogens is 411 g/mol. The van der Waals surface area contributed by atoms with E-state index in [0.29, 0.717) is 44.8 Å². The fraction of sp³-hybridized carbons (Fsp3) is 0.0952. The molecule has 2 heterocycles. The maximum Gasteiger partial charge on any atom is 0.282 e. The van der Waals surface area contributed by atoms with Gasteiger partial charge in [-0.05, 0) is 37.3 Å². The van der Waals surface area contributed by atoms with E-state index in [-0.39, 0.29) is 5.56 Å². The predicted octanol–water partition coefficient (Wildman–Crippen LogP) is 4.72. The molecule has 2 aromatic rings. The second kappa shape index (κ2) is 7.73. The lowest BCUT2D eigenvalue weighted by molar-refractivity contribution is 0.102. The van der Waals surface area contributed by atoms with Crippen LogP contribution in [0.15, 0.2) is 65.7 Å². The maximum atomic E-state index is 13.0. The van der Waals surface area contributed by atoms with Gasteiger partial charge < -0.3 is 9.88 Å². The number of aryl methyl sites for hydroxylation is 1. The molecule has 8 heteroatoms. The highest BCUT2D eigenvalue weighted by atomic mass is 35.5. The van der Waals surface area contributed by atoms with E-state index >= 15 is 0 Å². The van der Waals surface area contributed by atoms with Gasteiger partial charge in [-0.25, -0.2) is 0 Å². The van der Waals surface area contributed by atoms with Crippen molar-refractivity contribution in [3.63, 3.8) is 0 Å². The molecule has 0 saturated heterocycles. The Morgan fingerprint density at radius 2 is 1.83 bits per heavy atom. The van der Waals surface area contributed by atoms with E-state index in [4.69, 9.17) is 23.2 Å². The first kappa shape index (κ1) is 19.2. The number of rotatable bonds is 4. The highest BCUT2D eigenvalue weighted by Crippen LogP contribution is 2.27. The van der Waals surface area contributed by atoms with Gasteiger partial charge in [0.05, 0.1) is 26.9 Å². The first-order valence-electron chi connectivity index (χ1n) is 8.92. The standard InChI is InChI=1S/C21H16Cl2N4O2/c1-2-26-11-15(20(28)24-13-8-9-17(22)18(23)10-13)19-16(12-26)21(29)27(25-19)14-6-4-3-5-7-14/h3-12H,2H2,1H3,(H,24,28). The number of fused-ring (bicyclic) bond motifs is 1. The Hall–Kier alpha value is -3.09. The normalized spacial score (nSPS) is 11.0. The number of amides is 1. The number of benzene rings is 2. The number of anilines is 1. The Morgan fingerprint density at radius 3 is 2.52 bits per heavy atom. The van der Waals surface area contributed by atoms with E-state index in [0.717, 1.165) is 0 Å². The Labute approximate surface area is 176 Å². The summed E-state index contributed by atoms with van der Waals surface area (Å²) in [6, 6.07) is 13.9. The quantitative estimate of drug-likeness (QED) is 0.513. The number of aromatic nitrogens is 3. The first-order chi connectivity index (χ1) is 14.0. The Kier molecular flexibility index (Phi) is 5.13. The number of hydrogen-bond acceptors (Lipinski definition) is 3. The van der Waals surface area contributed by atoms with Gasteiger partial charge in [0, 0.05) is 24.6 Å². The zero-order valence-corrected chi connectivity index (χ0v) is 16.9. The van der Waals surface area contributed by atoms with Crippen LogP contribution in [0.5, 0.6) is 0 Å². The number of halogens is 2. The topological polar surface area (TPSA) is 68.9 Å². The average Bonchev–Trinajstić information content (AvgIpc) is 3.07. The van der Waals surface area contributed by atoms with Crippen molar-refractivity contribution in [2.45, 2.75) is 13.5 Å². The van der Waals surface area contributed by atoms with Crippen LogP contribution >= 0.6 is 23.2 Å². The number of para-hydroxylation sites is 1. The summed E-state index contributed by atoms with van der Waals surface area (Å²) in [6.07, 6.45) is 3.39. The van der Waals surface area contributed by atoms with Crippen LogP contribution in [-0.4, -0.2) is 20.3 Å². The maximum absolute atomic E-state index is 13.0. The third-order valence-electron chi connectivity index (χ3n) is 4.51. The molecule has 4 rings (SSSR count). The van der Waals surface area contributed by atoms with Crippen molar-refractivity contribution in [3.05, 3.63) is 86.9 Å². The summed E-state index contributed by atoms with van der Waals surface area (Å²) in [5.74, 6) is -0.395.